The summed E-state index contributed by atoms with van der Waals surface area (Å²) < 4.78 is 5.37. The van der Waals surface area contributed by atoms with E-state index in [1.165, 1.54) is 0 Å². The fraction of sp³-hybridized carbons (Fsp3) is 0.100. The summed E-state index contributed by atoms with van der Waals surface area (Å²) in [6.45, 7) is 0. The molecule has 0 heterocycles. The standard InChI is InChI=1S/C20H17NO4/c21-18(19(22)23)11-13-5-9-17(10-6-13)25-20(24)16-8-7-14-3-1-2-4-15(14)12-16/h1-10,12,18H,11,21H2,(H,22,23). The Kier molecular flexibility index (Phi) is 4.77. The molecule has 1 unspecified atom stereocenters. The minimum atomic E-state index is -1.05. The number of benzene rings is 3. The van der Waals surface area contributed by atoms with Gasteiger partial charge in [-0.1, -0.05) is 42.5 Å². The van der Waals surface area contributed by atoms with Crippen LogP contribution in [0, 0.1) is 0 Å². The number of carbonyl (C=O) groups is 2. The fourth-order valence-corrected chi connectivity index (χ4v) is 2.52. The highest BCUT2D eigenvalue weighted by Gasteiger charge is 2.13. The smallest absolute Gasteiger partial charge is 0.343 e. The van der Waals surface area contributed by atoms with Crippen molar-refractivity contribution >= 4 is 22.7 Å². The van der Waals surface area contributed by atoms with Crippen LogP contribution in [0.2, 0.25) is 0 Å². The number of hydrogen-bond acceptors (Lipinski definition) is 4. The average Bonchev–Trinajstić information content (AvgIpc) is 2.62. The van der Waals surface area contributed by atoms with Crippen LogP contribution in [0.3, 0.4) is 0 Å². The molecule has 0 spiro atoms. The quantitative estimate of drug-likeness (QED) is 0.552. The van der Waals surface area contributed by atoms with Gasteiger partial charge in [0.1, 0.15) is 11.8 Å². The minimum absolute atomic E-state index is 0.217. The van der Waals surface area contributed by atoms with E-state index in [1.54, 1.807) is 36.4 Å². The van der Waals surface area contributed by atoms with E-state index in [1.807, 2.05) is 30.3 Å². The van der Waals surface area contributed by atoms with Crippen molar-refractivity contribution in [1.82, 2.24) is 0 Å². The molecule has 0 saturated carbocycles. The van der Waals surface area contributed by atoms with E-state index in [4.69, 9.17) is 15.6 Å². The third kappa shape index (κ3) is 4.02. The second kappa shape index (κ2) is 7.15. The van der Waals surface area contributed by atoms with Gasteiger partial charge in [0, 0.05) is 0 Å². The van der Waals surface area contributed by atoms with Gasteiger partial charge < -0.3 is 15.6 Å². The minimum Gasteiger partial charge on any atom is -0.480 e. The van der Waals surface area contributed by atoms with Gasteiger partial charge in [-0.05, 0) is 47.0 Å². The van der Waals surface area contributed by atoms with Crippen LogP contribution >= 0.6 is 0 Å². The molecule has 0 aliphatic rings. The molecule has 5 heteroatoms. The lowest BCUT2D eigenvalue weighted by atomic mass is 10.1. The van der Waals surface area contributed by atoms with Crippen LogP contribution in [0.4, 0.5) is 0 Å². The van der Waals surface area contributed by atoms with Gasteiger partial charge in [0.15, 0.2) is 0 Å². The van der Waals surface area contributed by atoms with E-state index in [0.717, 1.165) is 16.3 Å². The maximum atomic E-state index is 12.3. The van der Waals surface area contributed by atoms with Crippen LogP contribution in [0.1, 0.15) is 15.9 Å². The van der Waals surface area contributed by atoms with Gasteiger partial charge in [-0.3, -0.25) is 4.79 Å². The fourth-order valence-electron chi connectivity index (χ4n) is 2.52. The molecule has 0 amide bonds. The molecule has 0 saturated heterocycles. The molecule has 5 nitrogen and oxygen atoms in total. The first kappa shape index (κ1) is 16.7. The largest absolute Gasteiger partial charge is 0.480 e. The highest BCUT2D eigenvalue weighted by molar-refractivity contribution is 5.96. The van der Waals surface area contributed by atoms with Crippen molar-refractivity contribution in [2.24, 2.45) is 5.73 Å². The monoisotopic (exact) mass is 335 g/mol. The molecule has 0 aliphatic carbocycles. The number of rotatable bonds is 5. The van der Waals surface area contributed by atoms with Gasteiger partial charge in [-0.2, -0.15) is 0 Å². The van der Waals surface area contributed by atoms with Gasteiger partial charge in [-0.25, -0.2) is 4.79 Å². The lowest BCUT2D eigenvalue weighted by Crippen LogP contribution is -2.32. The highest BCUT2D eigenvalue weighted by atomic mass is 16.5. The van der Waals surface area contributed by atoms with Crippen LogP contribution in [-0.2, 0) is 11.2 Å². The molecule has 0 aliphatic heterocycles. The Morgan fingerprint density at radius 3 is 2.32 bits per heavy atom. The van der Waals surface area contributed by atoms with Crippen LogP contribution in [0.25, 0.3) is 10.8 Å². The molecular weight excluding hydrogens is 318 g/mol. The first-order chi connectivity index (χ1) is 12.0. The normalized spacial score (nSPS) is 11.9. The number of carboxylic acids is 1. The molecular formula is C20H17NO4. The number of carbonyl (C=O) groups excluding carboxylic acids is 1. The molecule has 0 fully saturated rings. The number of esters is 1. The van der Waals surface area contributed by atoms with Crippen LogP contribution in [-0.4, -0.2) is 23.1 Å². The molecule has 0 aromatic heterocycles. The summed E-state index contributed by atoms with van der Waals surface area (Å²) >= 11 is 0. The van der Waals surface area contributed by atoms with E-state index < -0.39 is 18.0 Å². The van der Waals surface area contributed by atoms with Crippen molar-refractivity contribution in [3.8, 4) is 5.75 Å². The number of aliphatic carboxylic acids is 1. The zero-order valence-corrected chi connectivity index (χ0v) is 13.4. The first-order valence-electron chi connectivity index (χ1n) is 7.81. The predicted molar refractivity (Wildman–Crippen MR) is 94.7 cm³/mol. The summed E-state index contributed by atoms with van der Waals surface area (Å²) in [6, 6.07) is 18.9. The summed E-state index contributed by atoms with van der Waals surface area (Å²) in [5, 5.41) is 10.8. The SMILES string of the molecule is NC(Cc1ccc(OC(=O)c2ccc3ccccc3c2)cc1)C(=O)O. The molecule has 3 aromatic carbocycles. The molecule has 3 aromatic rings. The van der Waals surface area contributed by atoms with Crippen molar-refractivity contribution in [2.45, 2.75) is 12.5 Å². The van der Waals surface area contributed by atoms with Crippen LogP contribution < -0.4 is 10.5 Å². The van der Waals surface area contributed by atoms with E-state index in [2.05, 4.69) is 0 Å². The molecule has 1 atom stereocenters. The Hall–Kier alpha value is -3.18. The Morgan fingerprint density at radius 1 is 0.960 bits per heavy atom. The summed E-state index contributed by atoms with van der Waals surface area (Å²) in [7, 11) is 0. The van der Waals surface area contributed by atoms with Crippen molar-refractivity contribution in [2.75, 3.05) is 0 Å². The molecule has 3 rings (SSSR count). The van der Waals surface area contributed by atoms with E-state index in [9.17, 15) is 9.59 Å². The van der Waals surface area contributed by atoms with Gasteiger partial charge in [-0.15, -0.1) is 0 Å². The van der Waals surface area contributed by atoms with E-state index in [0.29, 0.717) is 11.3 Å². The molecule has 3 N–H and O–H groups in total. The topological polar surface area (TPSA) is 89.6 Å². The highest BCUT2D eigenvalue weighted by Crippen LogP contribution is 2.19. The number of nitrogens with two attached hydrogens (primary N) is 1. The van der Waals surface area contributed by atoms with Crippen molar-refractivity contribution < 1.29 is 19.4 Å². The summed E-state index contributed by atoms with van der Waals surface area (Å²) in [4.78, 5) is 23.1. The Morgan fingerprint density at radius 2 is 1.64 bits per heavy atom. The van der Waals surface area contributed by atoms with Crippen molar-refractivity contribution in [3.63, 3.8) is 0 Å². The van der Waals surface area contributed by atoms with Gasteiger partial charge >= 0.3 is 11.9 Å². The van der Waals surface area contributed by atoms with Crippen LogP contribution in [0.15, 0.2) is 66.7 Å². The lowest BCUT2D eigenvalue weighted by molar-refractivity contribution is -0.138. The van der Waals surface area contributed by atoms with Crippen LogP contribution in [0.5, 0.6) is 5.75 Å². The number of hydrogen-bond donors (Lipinski definition) is 2. The van der Waals surface area contributed by atoms with Gasteiger partial charge in [0.25, 0.3) is 0 Å². The number of fused-ring (bicyclic) bond motifs is 1. The van der Waals surface area contributed by atoms with Crippen molar-refractivity contribution in [1.29, 1.82) is 0 Å². The third-order valence-electron chi connectivity index (χ3n) is 3.89. The van der Waals surface area contributed by atoms with E-state index in [-0.39, 0.29) is 6.42 Å². The van der Waals surface area contributed by atoms with Gasteiger partial charge in [0.2, 0.25) is 0 Å². The molecule has 126 valence electrons. The van der Waals surface area contributed by atoms with E-state index >= 15 is 0 Å². The number of ether oxygens (including phenoxy) is 1. The summed E-state index contributed by atoms with van der Waals surface area (Å²) in [5.41, 5.74) is 6.74. The molecule has 25 heavy (non-hydrogen) atoms. The van der Waals surface area contributed by atoms with Gasteiger partial charge in [0.05, 0.1) is 5.56 Å². The maximum Gasteiger partial charge on any atom is 0.343 e. The summed E-state index contributed by atoms with van der Waals surface area (Å²) in [6.07, 6.45) is 0.217. The Bertz CT molecular complexity index is 918. The third-order valence-corrected chi connectivity index (χ3v) is 3.89. The predicted octanol–water partition coefficient (Wildman–Crippen LogP) is 3.01. The lowest BCUT2D eigenvalue weighted by Gasteiger charge is -2.08. The second-order valence-corrected chi connectivity index (χ2v) is 5.74. The zero-order chi connectivity index (χ0) is 17.8. The molecule has 0 radical (unpaired) electrons. The maximum absolute atomic E-state index is 12.3. The summed E-state index contributed by atoms with van der Waals surface area (Å²) in [5.74, 6) is -1.10. The van der Waals surface area contributed by atoms with Crippen molar-refractivity contribution in [3.05, 3.63) is 77.9 Å². The Balaban J connectivity index is 1.70. The average molecular weight is 335 g/mol. The number of carboxylic acid groups (broad SMARTS) is 1. The zero-order valence-electron chi connectivity index (χ0n) is 13.4. The Labute approximate surface area is 144 Å². The second-order valence-electron chi connectivity index (χ2n) is 5.74. The first-order valence-corrected chi connectivity index (χ1v) is 7.81. The molecule has 0 bridgehead atoms.